The highest BCUT2D eigenvalue weighted by atomic mass is 35.5. The molecule has 0 unspecified atom stereocenters. The van der Waals surface area contributed by atoms with E-state index in [9.17, 15) is 59.7 Å². The number of nitrogens with zero attached hydrogens (tertiary/aromatic N) is 14. The maximum absolute atomic E-state index is 13.6. The largest absolute Gasteiger partial charge is 0.394 e. The van der Waals surface area contributed by atoms with Crippen LogP contribution < -0.4 is 22.1 Å². The minimum Gasteiger partial charge on any atom is -0.394 e. The molecule has 32 heteroatoms. The third kappa shape index (κ3) is 14.4. The van der Waals surface area contributed by atoms with Crippen LogP contribution in [0.25, 0.3) is 51.5 Å². The summed E-state index contributed by atoms with van der Waals surface area (Å²) < 4.78 is 123. The van der Waals surface area contributed by atoms with Crippen LogP contribution in [0.2, 0.25) is 5.15 Å². The second kappa shape index (κ2) is 24.3. The summed E-state index contributed by atoms with van der Waals surface area (Å²) in [4.78, 5) is 57.6. The van der Waals surface area contributed by atoms with Gasteiger partial charge in [0.25, 0.3) is 0 Å². The molecule has 0 aromatic carbocycles. The lowest BCUT2D eigenvalue weighted by atomic mass is 9.92. The van der Waals surface area contributed by atoms with Crippen molar-refractivity contribution in [3.8, 4) is 34.6 Å². The van der Waals surface area contributed by atoms with Crippen molar-refractivity contribution >= 4 is 57.2 Å². The summed E-state index contributed by atoms with van der Waals surface area (Å²) in [5.74, 6) is -8.20. The van der Waals surface area contributed by atoms with Crippen LogP contribution in [-0.2, 0) is 0 Å². The van der Waals surface area contributed by atoms with Crippen LogP contribution in [0.15, 0.2) is 92.2 Å². The predicted molar refractivity (Wildman–Crippen MR) is 284 cm³/mol. The van der Waals surface area contributed by atoms with Crippen LogP contribution >= 0.6 is 11.6 Å². The number of rotatable bonds is 9. The summed E-state index contributed by atoms with van der Waals surface area (Å²) in [6.07, 6.45) is 12.7. The van der Waals surface area contributed by atoms with E-state index in [2.05, 4.69) is 55.5 Å². The lowest BCUT2D eigenvalue weighted by Gasteiger charge is -2.29. The summed E-state index contributed by atoms with van der Waals surface area (Å²) in [5.41, 5.74) is 13.7. The smallest absolute Gasteiger partial charge is 0.329 e. The van der Waals surface area contributed by atoms with E-state index in [0.717, 1.165) is 12.4 Å². The molecular weight excluding hydrogens is 1140 g/mol. The first-order valence-corrected chi connectivity index (χ1v) is 25.9. The first-order valence-electron chi connectivity index (χ1n) is 25.5. The number of hydrogen-bond donors (Lipinski definition) is 4. The average Bonchev–Trinajstić information content (AvgIpc) is 4.43. The van der Waals surface area contributed by atoms with Crippen LogP contribution in [0.1, 0.15) is 77.0 Å². The molecule has 9 aromatic rings. The maximum Gasteiger partial charge on any atom is 0.329 e. The Morgan fingerprint density at radius 1 is 0.506 bits per heavy atom. The Balaban J connectivity index is 0.000000140. The van der Waals surface area contributed by atoms with Gasteiger partial charge < -0.3 is 22.1 Å². The zero-order valence-electron chi connectivity index (χ0n) is 43.2. The Hall–Kier alpha value is -8.87. The second-order valence-electron chi connectivity index (χ2n) is 19.7. The Bertz CT molecular complexity index is 3800. The molecule has 0 bridgehead atoms. The molecule has 83 heavy (non-hydrogen) atoms. The molecular formula is C51H48ClF9N18O4. The molecule has 6 N–H and O–H groups in total. The van der Waals surface area contributed by atoms with Crippen LogP contribution in [0.4, 0.5) is 68.2 Å². The predicted octanol–water partition coefficient (Wildman–Crippen LogP) is 11.3. The first-order chi connectivity index (χ1) is 39.4. The molecule has 0 saturated heterocycles. The number of nitrogens with two attached hydrogens (primary N) is 2. The summed E-state index contributed by atoms with van der Waals surface area (Å²) in [6.45, 7) is 0. The van der Waals surface area contributed by atoms with Crippen LogP contribution in [0, 0.1) is 37.7 Å². The topological polar surface area (TPSA) is 292 Å². The highest BCUT2D eigenvalue weighted by molar-refractivity contribution is 6.31. The van der Waals surface area contributed by atoms with E-state index in [4.69, 9.17) is 23.1 Å². The molecule has 3 aliphatic rings. The van der Waals surface area contributed by atoms with Crippen molar-refractivity contribution in [3.63, 3.8) is 0 Å². The van der Waals surface area contributed by atoms with Crippen molar-refractivity contribution in [1.82, 2.24) is 58.1 Å². The fourth-order valence-corrected chi connectivity index (χ4v) is 9.35. The molecule has 3 aliphatic carbocycles. The molecule has 3 fully saturated rings. The highest BCUT2D eigenvalue weighted by Crippen LogP contribution is 2.38. The average molecular weight is 1180 g/mol. The minimum absolute atomic E-state index is 0.0182. The number of imidazole rings is 3. The SMILES string of the molecule is NC1CCC(F)(F)CC1.Nc1cnc(-c2cnc3ccc(F)cn23)nc1NC1CCC(F)(F)CC1.O=[N+]([O-])c1cnc(-c2cnc3ccc(F)cn23)nc1Cl.O=[N+]([O-])c1cnc(-c2cnc3ccc(F)cn23)nc1NC1CCC(F)(F)CC1. The fraction of sp³-hybridized carbons (Fsp3) is 0.353. The summed E-state index contributed by atoms with van der Waals surface area (Å²) >= 11 is 5.73. The normalized spacial score (nSPS) is 16.9. The zero-order chi connectivity index (χ0) is 59.4. The Labute approximate surface area is 467 Å². The zero-order valence-corrected chi connectivity index (χ0v) is 44.0. The third-order valence-electron chi connectivity index (χ3n) is 13.7. The number of alkyl halides is 6. The number of hydrogen-bond acceptors (Lipinski definition) is 17. The van der Waals surface area contributed by atoms with Crippen LogP contribution in [0.3, 0.4) is 0 Å². The van der Waals surface area contributed by atoms with Crippen molar-refractivity contribution < 1.29 is 49.4 Å². The van der Waals surface area contributed by atoms with E-state index in [1.165, 1.54) is 76.3 Å². The van der Waals surface area contributed by atoms with E-state index in [-0.39, 0.29) is 97.8 Å². The maximum atomic E-state index is 13.6. The lowest BCUT2D eigenvalue weighted by molar-refractivity contribution is -0.385. The number of nitrogen functional groups attached to an aromatic ring is 1. The molecule has 9 heterocycles. The first kappa shape index (κ1) is 58.8. The minimum atomic E-state index is -2.71. The van der Waals surface area contributed by atoms with Gasteiger partial charge in [0.2, 0.25) is 28.7 Å². The van der Waals surface area contributed by atoms with Gasteiger partial charge in [-0.25, -0.2) is 84.4 Å². The van der Waals surface area contributed by atoms with Gasteiger partial charge in [0.15, 0.2) is 23.3 Å². The molecule has 12 rings (SSSR count). The molecule has 0 amide bonds. The van der Waals surface area contributed by atoms with Crippen LogP contribution in [0.5, 0.6) is 0 Å². The molecule has 436 valence electrons. The number of pyridine rings is 3. The Morgan fingerprint density at radius 2 is 0.855 bits per heavy atom. The van der Waals surface area contributed by atoms with Gasteiger partial charge in [-0.15, -0.1) is 0 Å². The van der Waals surface area contributed by atoms with Crippen molar-refractivity contribution in [2.75, 3.05) is 16.4 Å². The summed E-state index contributed by atoms with van der Waals surface area (Å²) in [5, 5.41) is 27.7. The number of nitrogens with one attached hydrogen (secondary N) is 2. The molecule has 0 spiro atoms. The van der Waals surface area contributed by atoms with E-state index in [1.807, 2.05) is 0 Å². The third-order valence-corrected chi connectivity index (χ3v) is 14.0. The van der Waals surface area contributed by atoms with Gasteiger partial charge in [0.1, 0.15) is 63.9 Å². The molecule has 3 saturated carbocycles. The van der Waals surface area contributed by atoms with Gasteiger partial charge in [-0.1, -0.05) is 11.6 Å². The van der Waals surface area contributed by atoms with Gasteiger partial charge in [-0.3, -0.25) is 33.4 Å². The summed E-state index contributed by atoms with van der Waals surface area (Å²) in [7, 11) is 0. The standard InChI is InChI=1S/C17H15F3N6O2.C17H17F3N6.C11H5ClFN5O2.C6H11F2N/c18-10-1-2-14-21-7-12(25(14)9-10)15-22-8-13(26(27)28)16(24-15)23-11-3-5-17(19,20)6-4-11;18-10-1-2-14-22-8-13(26(14)9-10)16-23-7-12(21)15(25-16)24-11-3-5-17(19,20)6-4-11;12-10-7(18(19)20)3-15-11(16-10)8-4-14-9-2-1-6(13)5-17(8)9;7-6(8)3-1-5(9)2-4-6/h1-2,7-9,11H,3-6H2,(H,22,23,24);1-2,7-9,11H,3-6,21H2,(H,23,24,25);1-5H;5H,1-4,9H2. The van der Waals surface area contributed by atoms with Crippen molar-refractivity contribution in [2.45, 2.75) is 113 Å². The highest BCUT2D eigenvalue weighted by Gasteiger charge is 2.37. The van der Waals surface area contributed by atoms with Gasteiger partial charge >= 0.3 is 11.4 Å². The van der Waals surface area contributed by atoms with Crippen molar-refractivity contribution in [2.24, 2.45) is 5.73 Å². The summed E-state index contributed by atoms with van der Waals surface area (Å²) in [6, 6.07) is 7.91. The Morgan fingerprint density at radius 3 is 1.24 bits per heavy atom. The number of halogens is 10. The molecule has 9 aromatic heterocycles. The van der Waals surface area contributed by atoms with E-state index in [0.29, 0.717) is 77.0 Å². The molecule has 0 radical (unpaired) electrons. The number of aromatic nitrogens is 12. The fourth-order valence-electron chi connectivity index (χ4n) is 9.15. The second-order valence-corrected chi connectivity index (χ2v) is 20.1. The van der Waals surface area contributed by atoms with E-state index in [1.54, 1.807) is 16.7 Å². The molecule has 0 atom stereocenters. The van der Waals surface area contributed by atoms with Gasteiger partial charge in [-0.2, -0.15) is 0 Å². The van der Waals surface area contributed by atoms with Gasteiger partial charge in [0.05, 0.1) is 40.3 Å². The van der Waals surface area contributed by atoms with Crippen molar-refractivity contribution in [3.05, 3.63) is 135 Å². The Kier molecular flexibility index (Phi) is 17.2. The number of nitro groups is 2. The van der Waals surface area contributed by atoms with E-state index >= 15 is 0 Å². The number of anilines is 3. The van der Waals surface area contributed by atoms with Gasteiger partial charge in [-0.05, 0) is 74.9 Å². The van der Waals surface area contributed by atoms with E-state index < -0.39 is 50.8 Å². The molecule has 22 nitrogen and oxygen atoms in total. The van der Waals surface area contributed by atoms with Crippen molar-refractivity contribution in [1.29, 1.82) is 0 Å². The molecule has 0 aliphatic heterocycles. The van der Waals surface area contributed by atoms with Crippen LogP contribution in [-0.4, -0.2) is 104 Å². The van der Waals surface area contributed by atoms with Gasteiger partial charge in [0, 0.05) is 75.2 Å². The lowest BCUT2D eigenvalue weighted by Crippen LogP contribution is -2.32. The quantitative estimate of drug-likeness (QED) is 0.0452. The monoisotopic (exact) mass is 1180 g/mol. The number of fused-ring (bicyclic) bond motifs is 3.